The monoisotopic (exact) mass is 883 g/mol. The van der Waals surface area contributed by atoms with Gasteiger partial charge in [-0.3, -0.25) is 4.79 Å². The minimum atomic E-state index is 0.242. The van der Waals surface area contributed by atoms with Crippen molar-refractivity contribution in [1.29, 1.82) is 0 Å². The van der Waals surface area contributed by atoms with Crippen LogP contribution in [0.5, 0.6) is 0 Å². The number of carbonyl (C=O) groups is 1. The van der Waals surface area contributed by atoms with Gasteiger partial charge in [-0.15, -0.1) is 0 Å². The molecule has 0 aliphatic heterocycles. The Labute approximate surface area is 398 Å². The van der Waals surface area contributed by atoms with E-state index in [-0.39, 0.29) is 5.91 Å². The second kappa shape index (κ2) is 53.5. The van der Waals surface area contributed by atoms with E-state index in [0.29, 0.717) is 6.42 Å². The predicted octanol–water partition coefficient (Wildman–Crippen LogP) is 20.3. The topological polar surface area (TPSA) is 32.3 Å². The molecule has 0 heterocycles. The highest BCUT2D eigenvalue weighted by Gasteiger charge is 2.05. The first-order valence-corrected chi connectivity index (χ1v) is 29.3. The van der Waals surface area contributed by atoms with Crippen LogP contribution in [0.4, 0.5) is 0 Å². The molecule has 0 aromatic rings. The van der Waals surface area contributed by atoms with E-state index in [4.69, 9.17) is 0 Å². The largest absolute Gasteiger partial charge is 0.356 e. The van der Waals surface area contributed by atoms with Crippen molar-refractivity contribution in [2.75, 3.05) is 27.2 Å². The summed E-state index contributed by atoms with van der Waals surface area (Å²) in [5.74, 6) is 0.242. The Bertz CT molecular complexity index is 952. The van der Waals surface area contributed by atoms with Gasteiger partial charge in [-0.2, -0.15) is 0 Å². The lowest BCUT2D eigenvalue weighted by molar-refractivity contribution is -0.121. The summed E-state index contributed by atoms with van der Waals surface area (Å²) in [6.45, 7) is 8.87. The smallest absolute Gasteiger partial charge is 0.220 e. The second-order valence-corrected chi connectivity index (χ2v) is 20.6. The van der Waals surface area contributed by atoms with Crippen molar-refractivity contribution >= 4 is 5.91 Å². The number of nitrogens with one attached hydrogen (secondary N) is 1. The van der Waals surface area contributed by atoms with Crippen molar-refractivity contribution in [2.45, 2.75) is 329 Å². The van der Waals surface area contributed by atoms with Crippen molar-refractivity contribution in [3.63, 3.8) is 0 Å². The fraction of sp³-hybridized carbons (Fsp3) is 0.917. The zero-order valence-electron chi connectivity index (χ0n) is 44.4. The number of carbonyl (C=O) groups excluding carboxylic acids is 1. The van der Waals surface area contributed by atoms with Crippen LogP contribution in [0, 0.1) is 0 Å². The number of hydrogen-bond donors (Lipinski definition) is 1. The van der Waals surface area contributed by atoms with Crippen molar-refractivity contribution < 1.29 is 4.79 Å². The SMILES string of the molecule is CCCCCCCCCCCCCCCCCCC(=CCCCC(=O)NCCCCN(C)C)CCCCCCCC=C(CCCCCCCCCC)CCCCCCCCCCC. The van der Waals surface area contributed by atoms with Gasteiger partial charge in [0, 0.05) is 13.0 Å². The van der Waals surface area contributed by atoms with Crippen LogP contribution in [0.1, 0.15) is 329 Å². The van der Waals surface area contributed by atoms with E-state index in [1.54, 1.807) is 11.1 Å². The molecular weight excluding hydrogens is 765 g/mol. The van der Waals surface area contributed by atoms with Gasteiger partial charge in [0.1, 0.15) is 0 Å². The van der Waals surface area contributed by atoms with Crippen LogP contribution in [-0.2, 0) is 4.79 Å². The molecule has 0 rings (SSSR count). The summed E-state index contributed by atoms with van der Waals surface area (Å²) >= 11 is 0. The van der Waals surface area contributed by atoms with Crippen LogP contribution >= 0.6 is 0 Å². The molecule has 0 saturated heterocycles. The first-order valence-electron chi connectivity index (χ1n) is 29.3. The highest BCUT2D eigenvalue weighted by Crippen LogP contribution is 2.23. The molecule has 374 valence electrons. The lowest BCUT2D eigenvalue weighted by Gasteiger charge is -2.10. The molecule has 0 aromatic heterocycles. The van der Waals surface area contributed by atoms with Crippen LogP contribution < -0.4 is 5.32 Å². The maximum atomic E-state index is 12.5. The maximum absolute atomic E-state index is 12.5. The minimum absolute atomic E-state index is 0.242. The van der Waals surface area contributed by atoms with E-state index in [9.17, 15) is 4.79 Å². The van der Waals surface area contributed by atoms with Crippen LogP contribution in [0.15, 0.2) is 23.3 Å². The standard InChI is InChI=1S/C60H118N2O/c1-6-9-12-15-18-21-22-23-24-25-26-27-29-32-37-42-52-59(54-45-46-55-60(63)61-56-47-48-57-62(4)5)53-44-39-34-33-38-43-51-58(49-40-35-30-20-17-14-11-8-3)50-41-36-31-28-19-16-13-10-7-2/h51,54H,6-50,52-53,55-57H2,1-5H3,(H,61,63). The van der Waals surface area contributed by atoms with Gasteiger partial charge in [0.25, 0.3) is 0 Å². The molecule has 0 saturated carbocycles. The second-order valence-electron chi connectivity index (χ2n) is 20.6. The van der Waals surface area contributed by atoms with Gasteiger partial charge in [-0.1, -0.05) is 256 Å². The normalized spacial score (nSPS) is 12.3. The third-order valence-electron chi connectivity index (χ3n) is 13.8. The molecule has 0 bridgehead atoms. The highest BCUT2D eigenvalue weighted by molar-refractivity contribution is 5.75. The molecule has 0 spiro atoms. The average Bonchev–Trinajstić information content (AvgIpc) is 3.27. The number of rotatable bonds is 53. The molecule has 0 radical (unpaired) electrons. The first-order chi connectivity index (χ1) is 31.0. The Kier molecular flexibility index (Phi) is 52.6. The molecule has 0 aliphatic carbocycles. The molecule has 0 atom stereocenters. The quantitative estimate of drug-likeness (QED) is 0.0488. The number of unbranched alkanes of at least 4 members (excludes halogenated alkanes) is 37. The third kappa shape index (κ3) is 51.8. The molecular formula is C60H118N2O. The summed E-state index contributed by atoms with van der Waals surface area (Å²) in [7, 11) is 4.24. The summed E-state index contributed by atoms with van der Waals surface area (Å²) in [5.41, 5.74) is 3.49. The van der Waals surface area contributed by atoms with Gasteiger partial charge < -0.3 is 10.2 Å². The van der Waals surface area contributed by atoms with E-state index in [1.165, 1.54) is 276 Å². The van der Waals surface area contributed by atoms with Crippen molar-refractivity contribution in [3.8, 4) is 0 Å². The summed E-state index contributed by atoms with van der Waals surface area (Å²) in [6, 6.07) is 0. The number of nitrogens with zero attached hydrogens (tertiary/aromatic N) is 1. The summed E-state index contributed by atoms with van der Waals surface area (Å²) in [5, 5.41) is 3.16. The van der Waals surface area contributed by atoms with Gasteiger partial charge in [0.2, 0.25) is 5.91 Å². The summed E-state index contributed by atoms with van der Waals surface area (Å²) in [4.78, 5) is 14.7. The van der Waals surface area contributed by atoms with Crippen molar-refractivity contribution in [2.24, 2.45) is 0 Å². The minimum Gasteiger partial charge on any atom is -0.356 e. The molecule has 3 heteroatoms. The summed E-state index contributed by atoms with van der Waals surface area (Å²) in [6.07, 6.45) is 70.8. The number of allylic oxidation sites excluding steroid dienone is 4. The maximum Gasteiger partial charge on any atom is 0.220 e. The van der Waals surface area contributed by atoms with Gasteiger partial charge in [0.15, 0.2) is 0 Å². The molecule has 1 N–H and O–H groups in total. The van der Waals surface area contributed by atoms with Crippen LogP contribution in [0.2, 0.25) is 0 Å². The van der Waals surface area contributed by atoms with Crippen molar-refractivity contribution in [1.82, 2.24) is 10.2 Å². The summed E-state index contributed by atoms with van der Waals surface area (Å²) < 4.78 is 0. The third-order valence-corrected chi connectivity index (χ3v) is 13.8. The lowest BCUT2D eigenvalue weighted by Crippen LogP contribution is -2.24. The van der Waals surface area contributed by atoms with Gasteiger partial charge in [-0.05, 0) is 111 Å². The molecule has 3 nitrogen and oxygen atoms in total. The fourth-order valence-electron chi connectivity index (χ4n) is 9.48. The van der Waals surface area contributed by atoms with Crippen LogP contribution in [-0.4, -0.2) is 38.0 Å². The molecule has 0 aromatic carbocycles. The van der Waals surface area contributed by atoms with Crippen LogP contribution in [0.3, 0.4) is 0 Å². The molecule has 1 amide bonds. The Morgan fingerprint density at radius 2 is 0.619 bits per heavy atom. The van der Waals surface area contributed by atoms with E-state index in [2.05, 4.69) is 57.2 Å². The Hall–Kier alpha value is -1.09. The van der Waals surface area contributed by atoms with E-state index >= 15 is 0 Å². The van der Waals surface area contributed by atoms with Gasteiger partial charge in [-0.25, -0.2) is 0 Å². The van der Waals surface area contributed by atoms with E-state index < -0.39 is 0 Å². The van der Waals surface area contributed by atoms with Gasteiger partial charge >= 0.3 is 0 Å². The Morgan fingerprint density at radius 1 is 0.333 bits per heavy atom. The zero-order chi connectivity index (χ0) is 45.8. The number of hydrogen-bond acceptors (Lipinski definition) is 2. The molecule has 63 heavy (non-hydrogen) atoms. The predicted molar refractivity (Wildman–Crippen MR) is 286 cm³/mol. The Balaban J connectivity index is 4.59. The lowest BCUT2D eigenvalue weighted by atomic mass is 9.97. The Morgan fingerprint density at radius 3 is 0.937 bits per heavy atom. The highest BCUT2D eigenvalue weighted by atomic mass is 16.1. The van der Waals surface area contributed by atoms with Crippen molar-refractivity contribution in [3.05, 3.63) is 23.3 Å². The van der Waals surface area contributed by atoms with E-state index in [0.717, 1.165) is 38.8 Å². The fourth-order valence-corrected chi connectivity index (χ4v) is 9.48. The molecule has 0 unspecified atom stereocenters. The molecule has 0 aliphatic rings. The van der Waals surface area contributed by atoms with E-state index in [1.807, 2.05) is 0 Å². The zero-order valence-corrected chi connectivity index (χ0v) is 44.4. The van der Waals surface area contributed by atoms with Crippen LogP contribution in [0.25, 0.3) is 0 Å². The van der Waals surface area contributed by atoms with Gasteiger partial charge in [0.05, 0.1) is 0 Å². The molecule has 0 fully saturated rings. The average molecular weight is 884 g/mol. The number of amides is 1. The first kappa shape index (κ1) is 61.9.